The molecule has 1 rings (SSSR count). The average molecular weight is 634 g/mol. The van der Waals surface area contributed by atoms with Crippen LogP contribution in [0.4, 0.5) is 20.1 Å². The number of primary amides is 1. The van der Waals surface area contributed by atoms with E-state index in [1.807, 2.05) is 5.48 Å². The van der Waals surface area contributed by atoms with Gasteiger partial charge in [-0.2, -0.15) is 5.48 Å². The molecule has 16 nitrogen and oxygen atoms in total. The van der Waals surface area contributed by atoms with Gasteiger partial charge in [0.1, 0.15) is 24.3 Å². The van der Waals surface area contributed by atoms with Crippen LogP contribution in [0, 0.1) is 18.3 Å². The summed E-state index contributed by atoms with van der Waals surface area (Å²) in [6.45, 7) is 7.93. The molecule has 1 aromatic rings. The number of anilines is 1. The number of nitrogens with two attached hydrogens (primary N) is 1. The van der Waals surface area contributed by atoms with Gasteiger partial charge < -0.3 is 41.8 Å². The van der Waals surface area contributed by atoms with Crippen LogP contribution in [0.3, 0.4) is 0 Å². The zero-order valence-corrected chi connectivity index (χ0v) is 26.1. The van der Waals surface area contributed by atoms with E-state index in [4.69, 9.17) is 26.5 Å². The number of hydroxylamine groups is 1. The second-order valence-corrected chi connectivity index (χ2v) is 11.0. The second-order valence-electron chi connectivity index (χ2n) is 11.0. The normalized spacial score (nSPS) is 12.0. The first kappa shape index (κ1) is 38.0. The summed E-state index contributed by atoms with van der Waals surface area (Å²) in [6.07, 6.45) is 3.94. The highest BCUT2D eigenvalue weighted by atomic mass is 16.7. The summed E-state index contributed by atoms with van der Waals surface area (Å²) in [4.78, 5) is 78.0. The number of ether oxygens (including phenoxy) is 2. The Balaban J connectivity index is 2.84. The van der Waals surface area contributed by atoms with Crippen molar-refractivity contribution >= 4 is 41.6 Å². The maximum atomic E-state index is 13.2. The Kier molecular flexibility index (Phi) is 16.3. The standard InChI is InChI=1S/C29H43N7O9/c1-7-14-32-27(41)43-16-19-10-12-20(13-11-19)33-24(38)21(9-8-15-31-26(30)40)34-25(39)23(18(2)3)35-22(37)17-44-36-28(42)45-29(4,5)6/h1,10-13,18,21,23H,8-9,14-17H2,2-6H3,(H,32,41)(H,33,38)(H,34,39)(H,35,37)(H,36,42)(H3,30,31,40)/t21-,23?/m0/s1. The van der Waals surface area contributed by atoms with E-state index in [1.54, 1.807) is 58.9 Å². The molecular weight excluding hydrogens is 590 g/mol. The van der Waals surface area contributed by atoms with Gasteiger partial charge in [-0.15, -0.1) is 6.42 Å². The van der Waals surface area contributed by atoms with Crippen LogP contribution in [0.25, 0.3) is 0 Å². The number of urea groups is 1. The average Bonchev–Trinajstić information content (AvgIpc) is 2.94. The molecule has 0 saturated heterocycles. The molecule has 7 amide bonds. The minimum atomic E-state index is -1.06. The summed E-state index contributed by atoms with van der Waals surface area (Å²) < 4.78 is 10.1. The lowest BCUT2D eigenvalue weighted by molar-refractivity contribution is -0.135. The zero-order valence-electron chi connectivity index (χ0n) is 26.1. The van der Waals surface area contributed by atoms with Gasteiger partial charge >= 0.3 is 18.2 Å². The first-order chi connectivity index (χ1) is 21.1. The third-order valence-electron chi connectivity index (χ3n) is 5.55. The van der Waals surface area contributed by atoms with Gasteiger partial charge in [-0.1, -0.05) is 31.9 Å². The Morgan fingerprint density at radius 3 is 2.20 bits per heavy atom. The van der Waals surface area contributed by atoms with Gasteiger partial charge in [0.25, 0.3) is 0 Å². The van der Waals surface area contributed by atoms with E-state index in [1.165, 1.54) is 0 Å². The summed E-state index contributed by atoms with van der Waals surface area (Å²) in [5.74, 6) is -0.0372. The van der Waals surface area contributed by atoms with Gasteiger partial charge in [-0.3, -0.25) is 19.2 Å². The summed E-state index contributed by atoms with van der Waals surface area (Å²) in [7, 11) is 0. The molecule has 0 heterocycles. The molecular formula is C29H43N7O9. The summed E-state index contributed by atoms with van der Waals surface area (Å²) in [5.41, 5.74) is 7.37. The molecule has 0 aliphatic rings. The molecule has 0 aromatic heterocycles. The molecule has 0 spiro atoms. The van der Waals surface area contributed by atoms with Crippen LogP contribution in [-0.2, 0) is 35.3 Å². The fourth-order valence-corrected chi connectivity index (χ4v) is 3.49. The van der Waals surface area contributed by atoms with E-state index < -0.39 is 66.1 Å². The quantitative estimate of drug-likeness (QED) is 0.0782. The molecule has 8 N–H and O–H groups in total. The van der Waals surface area contributed by atoms with Gasteiger partial charge in [0.05, 0.1) is 6.54 Å². The molecule has 0 bridgehead atoms. The van der Waals surface area contributed by atoms with E-state index >= 15 is 0 Å². The Bertz CT molecular complexity index is 1210. The smallest absolute Gasteiger partial charge is 0.431 e. The van der Waals surface area contributed by atoms with Crippen LogP contribution in [0.5, 0.6) is 0 Å². The number of rotatable bonds is 16. The van der Waals surface area contributed by atoms with Crippen molar-refractivity contribution in [2.24, 2.45) is 11.7 Å². The van der Waals surface area contributed by atoms with Crippen LogP contribution < -0.4 is 37.8 Å². The summed E-state index contributed by atoms with van der Waals surface area (Å²) in [5, 5.41) is 12.7. The van der Waals surface area contributed by atoms with Crippen LogP contribution in [0.15, 0.2) is 24.3 Å². The van der Waals surface area contributed by atoms with Crippen molar-refractivity contribution in [1.82, 2.24) is 26.7 Å². The number of alkyl carbamates (subject to hydrolysis) is 1. The molecule has 16 heteroatoms. The van der Waals surface area contributed by atoms with E-state index in [-0.39, 0.29) is 26.1 Å². The SMILES string of the molecule is C#CCNC(=O)OCc1ccc(NC(=O)[C@H](CCCNC(N)=O)NC(=O)C(NC(=O)CONC(=O)OC(C)(C)C)C(C)C)cc1. The number of carbonyl (C=O) groups is 6. The number of hydrogen-bond donors (Lipinski definition) is 7. The van der Waals surface area contributed by atoms with Gasteiger partial charge in [0.2, 0.25) is 17.7 Å². The molecule has 0 radical (unpaired) electrons. The minimum Gasteiger partial charge on any atom is -0.445 e. The fourth-order valence-electron chi connectivity index (χ4n) is 3.49. The Morgan fingerprint density at radius 2 is 1.62 bits per heavy atom. The van der Waals surface area contributed by atoms with E-state index in [0.717, 1.165) is 0 Å². The minimum absolute atomic E-state index is 0.0272. The first-order valence-electron chi connectivity index (χ1n) is 14.1. The lowest BCUT2D eigenvalue weighted by Crippen LogP contribution is -2.55. The molecule has 45 heavy (non-hydrogen) atoms. The number of carbonyl (C=O) groups excluding carboxylic acids is 6. The van der Waals surface area contributed by atoms with Crippen molar-refractivity contribution in [3.8, 4) is 12.3 Å². The lowest BCUT2D eigenvalue weighted by Gasteiger charge is -2.25. The maximum absolute atomic E-state index is 13.2. The number of terminal acetylenes is 1. The van der Waals surface area contributed by atoms with Crippen molar-refractivity contribution in [2.75, 3.05) is 25.0 Å². The number of benzene rings is 1. The third-order valence-corrected chi connectivity index (χ3v) is 5.55. The highest BCUT2D eigenvalue weighted by molar-refractivity contribution is 5.98. The Labute approximate surface area is 262 Å². The topological polar surface area (TPSA) is 228 Å². The predicted octanol–water partition coefficient (Wildman–Crippen LogP) is 1.01. The van der Waals surface area contributed by atoms with Crippen molar-refractivity contribution in [2.45, 2.75) is 71.8 Å². The lowest BCUT2D eigenvalue weighted by atomic mass is 10.0. The Morgan fingerprint density at radius 1 is 0.956 bits per heavy atom. The van der Waals surface area contributed by atoms with Crippen LogP contribution in [0.2, 0.25) is 0 Å². The molecule has 1 unspecified atom stereocenters. The van der Waals surface area contributed by atoms with Gasteiger partial charge in [-0.25, -0.2) is 14.4 Å². The number of amides is 7. The van der Waals surface area contributed by atoms with Crippen LogP contribution >= 0.6 is 0 Å². The molecule has 0 saturated carbocycles. The van der Waals surface area contributed by atoms with Gasteiger partial charge in [-0.05, 0) is 57.2 Å². The molecule has 248 valence electrons. The van der Waals surface area contributed by atoms with E-state index in [9.17, 15) is 28.8 Å². The molecule has 2 atom stereocenters. The van der Waals surface area contributed by atoms with Crippen molar-refractivity contribution < 1.29 is 43.1 Å². The zero-order chi connectivity index (χ0) is 34.0. The highest BCUT2D eigenvalue weighted by Crippen LogP contribution is 2.13. The monoisotopic (exact) mass is 633 g/mol. The molecule has 0 aliphatic carbocycles. The van der Waals surface area contributed by atoms with Gasteiger partial charge in [0.15, 0.2) is 6.61 Å². The van der Waals surface area contributed by atoms with E-state index in [2.05, 4.69) is 32.5 Å². The Hall–Kier alpha value is -5.04. The van der Waals surface area contributed by atoms with E-state index in [0.29, 0.717) is 17.7 Å². The predicted molar refractivity (Wildman–Crippen MR) is 163 cm³/mol. The molecule has 0 fully saturated rings. The summed E-state index contributed by atoms with van der Waals surface area (Å²) >= 11 is 0. The number of nitrogens with one attached hydrogen (secondary N) is 6. The van der Waals surface area contributed by atoms with Crippen molar-refractivity contribution in [3.05, 3.63) is 29.8 Å². The number of hydrogen-bond acceptors (Lipinski definition) is 9. The van der Waals surface area contributed by atoms with Crippen molar-refractivity contribution in [3.63, 3.8) is 0 Å². The fraction of sp³-hybridized carbons (Fsp3) is 0.517. The molecule has 1 aromatic carbocycles. The van der Waals surface area contributed by atoms with Crippen LogP contribution in [0.1, 0.15) is 53.0 Å². The third kappa shape index (κ3) is 17.0. The second kappa shape index (κ2) is 19.3. The maximum Gasteiger partial charge on any atom is 0.431 e. The highest BCUT2D eigenvalue weighted by Gasteiger charge is 2.29. The summed E-state index contributed by atoms with van der Waals surface area (Å²) in [6, 6.07) is 3.61. The largest absolute Gasteiger partial charge is 0.445 e. The first-order valence-corrected chi connectivity index (χ1v) is 14.1. The molecule has 0 aliphatic heterocycles. The van der Waals surface area contributed by atoms with Crippen molar-refractivity contribution in [1.29, 1.82) is 0 Å². The van der Waals surface area contributed by atoms with Gasteiger partial charge in [0, 0.05) is 12.2 Å². The van der Waals surface area contributed by atoms with Crippen LogP contribution in [-0.4, -0.2) is 73.3 Å².